The zero-order valence-electron chi connectivity index (χ0n) is 24.5. The molecular formula is C35H39N5O2. The highest BCUT2D eigenvalue weighted by molar-refractivity contribution is 5.90. The molecule has 42 heavy (non-hydrogen) atoms. The van der Waals surface area contributed by atoms with E-state index in [9.17, 15) is 10.2 Å². The quantitative estimate of drug-likeness (QED) is 0.228. The summed E-state index contributed by atoms with van der Waals surface area (Å²) in [5.74, 6) is 0.754. The summed E-state index contributed by atoms with van der Waals surface area (Å²) in [6.45, 7) is 6.97. The summed E-state index contributed by atoms with van der Waals surface area (Å²) in [5, 5.41) is 25.7. The van der Waals surface area contributed by atoms with Crippen molar-refractivity contribution in [1.82, 2.24) is 24.7 Å². The van der Waals surface area contributed by atoms with Crippen molar-refractivity contribution in [3.8, 4) is 5.75 Å². The van der Waals surface area contributed by atoms with Crippen LogP contribution in [0.1, 0.15) is 65.5 Å². The summed E-state index contributed by atoms with van der Waals surface area (Å²) in [7, 11) is 4.33. The van der Waals surface area contributed by atoms with Crippen LogP contribution in [0.5, 0.6) is 5.75 Å². The summed E-state index contributed by atoms with van der Waals surface area (Å²) < 4.78 is 0. The lowest BCUT2D eigenvalue weighted by Crippen LogP contribution is -2.37. The van der Waals surface area contributed by atoms with Gasteiger partial charge in [0.1, 0.15) is 17.6 Å². The number of hydrogen-bond acceptors (Lipinski definition) is 5. The smallest absolute Gasteiger partial charge is 0.127 e. The van der Waals surface area contributed by atoms with E-state index in [4.69, 9.17) is 0 Å². The van der Waals surface area contributed by atoms with Crippen LogP contribution in [0.25, 0.3) is 21.8 Å². The van der Waals surface area contributed by atoms with Gasteiger partial charge in [0.25, 0.3) is 0 Å². The van der Waals surface area contributed by atoms with Gasteiger partial charge < -0.3 is 25.1 Å². The Labute approximate surface area is 246 Å². The summed E-state index contributed by atoms with van der Waals surface area (Å²) >= 11 is 0. The molecule has 2 aromatic carbocycles. The number of hydrogen-bond donors (Lipinski definition) is 4. The molecule has 4 N–H and O–H groups in total. The number of benzene rings is 2. The van der Waals surface area contributed by atoms with E-state index >= 15 is 0 Å². The Bertz CT molecular complexity index is 1810. The van der Waals surface area contributed by atoms with Crippen LogP contribution in [0.4, 0.5) is 0 Å². The number of fused-ring (bicyclic) bond motifs is 8. The Morgan fingerprint density at radius 1 is 0.929 bits per heavy atom. The lowest BCUT2D eigenvalue weighted by molar-refractivity contribution is 0.197. The number of likely N-dealkylation sites (N-methyl/N-ethyl adjacent to an activating group) is 1. The Hall–Kier alpha value is -3.94. The number of H-pyrrole nitrogens is 2. The van der Waals surface area contributed by atoms with Gasteiger partial charge in [-0.1, -0.05) is 30.9 Å². The Kier molecular flexibility index (Phi) is 5.85. The van der Waals surface area contributed by atoms with Crippen LogP contribution in [0, 0.1) is 0 Å². The molecule has 0 amide bonds. The van der Waals surface area contributed by atoms with E-state index in [1.54, 1.807) is 0 Å². The Balaban J connectivity index is 1.24. The molecule has 3 atom stereocenters. The number of nitrogens with zero attached hydrogens (tertiary/aromatic N) is 3. The zero-order valence-corrected chi connectivity index (χ0v) is 24.5. The van der Waals surface area contributed by atoms with Crippen molar-refractivity contribution in [2.45, 2.75) is 50.2 Å². The number of phenols is 1. The number of phenolic OH excluding ortho intramolecular Hbond substituents is 1. The summed E-state index contributed by atoms with van der Waals surface area (Å²) in [4.78, 5) is 14.5. The number of aliphatic hydroxyl groups excluding tert-OH is 1. The fraction of sp³-hybridized carbons (Fsp3) is 0.371. The fourth-order valence-electron chi connectivity index (χ4n) is 8.29. The van der Waals surface area contributed by atoms with Gasteiger partial charge in [0.15, 0.2) is 0 Å². The van der Waals surface area contributed by atoms with Crippen LogP contribution in [-0.4, -0.2) is 68.6 Å². The Morgan fingerprint density at radius 3 is 2.55 bits per heavy atom. The average Bonchev–Trinajstić information content (AvgIpc) is 3.70. The number of allylic oxidation sites excluding steroid dienone is 2. The first-order valence-electron chi connectivity index (χ1n) is 15.3. The summed E-state index contributed by atoms with van der Waals surface area (Å²) in [5.41, 5.74) is 10.1. The number of aromatic hydroxyl groups is 1. The van der Waals surface area contributed by atoms with E-state index in [1.165, 1.54) is 33.1 Å². The molecule has 1 saturated heterocycles. The molecule has 2 aromatic heterocycles. The van der Waals surface area contributed by atoms with Gasteiger partial charge >= 0.3 is 0 Å². The third-order valence-corrected chi connectivity index (χ3v) is 10.5. The van der Waals surface area contributed by atoms with Crippen molar-refractivity contribution in [2.75, 3.05) is 33.7 Å². The first kappa shape index (κ1) is 25.7. The molecular weight excluding hydrogens is 522 g/mol. The van der Waals surface area contributed by atoms with Gasteiger partial charge in [-0.15, -0.1) is 0 Å². The van der Waals surface area contributed by atoms with Crippen LogP contribution < -0.4 is 0 Å². The maximum atomic E-state index is 12.2. The van der Waals surface area contributed by atoms with E-state index < -0.39 is 0 Å². The maximum absolute atomic E-state index is 12.2. The molecule has 216 valence electrons. The molecule has 1 fully saturated rings. The number of aromatic amines is 2. The first-order chi connectivity index (χ1) is 20.4. The minimum absolute atomic E-state index is 0.125. The maximum Gasteiger partial charge on any atom is 0.127 e. The van der Waals surface area contributed by atoms with Crippen LogP contribution in [-0.2, 0) is 12.8 Å². The van der Waals surface area contributed by atoms with E-state index in [2.05, 4.69) is 81.9 Å². The highest BCUT2D eigenvalue weighted by Gasteiger charge is 2.39. The number of rotatable bonds is 4. The molecule has 7 heteroatoms. The molecule has 8 rings (SSSR count). The van der Waals surface area contributed by atoms with Crippen LogP contribution in [0.15, 0.2) is 72.2 Å². The SMILES string of the molecule is C=CC1=CN2CCc3c([nH]c4c([C@H]5CCCN5C)c(O)ccc34)C2C(O)=C1C[C@H]1c2[nH]c3ccccc3c2CCN1C. The van der Waals surface area contributed by atoms with Crippen molar-refractivity contribution in [3.05, 3.63) is 100 Å². The number of aromatic nitrogens is 2. The summed E-state index contributed by atoms with van der Waals surface area (Å²) in [6.07, 6.45) is 8.84. The van der Waals surface area contributed by atoms with Crippen LogP contribution in [0.3, 0.4) is 0 Å². The second-order valence-corrected chi connectivity index (χ2v) is 12.6. The molecule has 0 saturated carbocycles. The van der Waals surface area contributed by atoms with Crippen LogP contribution in [0.2, 0.25) is 0 Å². The monoisotopic (exact) mass is 561 g/mol. The normalized spacial score (nSPS) is 24.7. The minimum atomic E-state index is -0.285. The van der Waals surface area contributed by atoms with Gasteiger partial charge in [-0.05, 0) is 87.6 Å². The highest BCUT2D eigenvalue weighted by atomic mass is 16.3. The molecule has 6 heterocycles. The molecule has 7 nitrogen and oxygen atoms in total. The van der Waals surface area contributed by atoms with Gasteiger partial charge in [0.05, 0.1) is 11.6 Å². The topological polar surface area (TPSA) is 81.8 Å². The van der Waals surface area contributed by atoms with Crippen molar-refractivity contribution >= 4 is 21.8 Å². The van der Waals surface area contributed by atoms with Crippen molar-refractivity contribution < 1.29 is 10.2 Å². The predicted octanol–water partition coefficient (Wildman–Crippen LogP) is 6.54. The average molecular weight is 562 g/mol. The standard InChI is InChI=1S/C35H39N5O2/c1-4-20-19-40-17-14-24-22-11-12-29(41)30(27-10-7-15-38(27)2)32(22)37-33(24)34(40)35(42)25(20)18-28-31-23(13-16-39(28)3)21-8-5-6-9-26(21)36-31/h4-6,8-9,11-12,19,27-28,34,36-37,41-42H,1,7,10,13-18H2,2-3H3/t27-,28+,34?/m1/s1. The third kappa shape index (κ3) is 3.66. The van der Waals surface area contributed by atoms with Gasteiger partial charge in [0.2, 0.25) is 0 Å². The number of para-hydroxylation sites is 1. The van der Waals surface area contributed by atoms with E-state index in [-0.39, 0.29) is 18.1 Å². The lowest BCUT2D eigenvalue weighted by atomic mass is 9.85. The molecule has 0 radical (unpaired) electrons. The number of nitrogens with one attached hydrogen (secondary N) is 2. The summed E-state index contributed by atoms with van der Waals surface area (Å²) in [6, 6.07) is 12.5. The molecule has 4 aromatic rings. The molecule has 1 unspecified atom stereocenters. The molecule has 4 aliphatic rings. The predicted molar refractivity (Wildman–Crippen MR) is 168 cm³/mol. The number of aliphatic hydroxyl groups is 1. The third-order valence-electron chi connectivity index (χ3n) is 10.5. The minimum Gasteiger partial charge on any atom is -0.509 e. The van der Waals surface area contributed by atoms with Gasteiger partial charge in [0, 0.05) is 64.1 Å². The lowest BCUT2D eigenvalue weighted by Gasteiger charge is -2.40. The Morgan fingerprint density at radius 2 is 1.74 bits per heavy atom. The van der Waals surface area contributed by atoms with Crippen molar-refractivity contribution in [3.63, 3.8) is 0 Å². The second-order valence-electron chi connectivity index (χ2n) is 12.6. The molecule has 0 aliphatic carbocycles. The number of likely N-dealkylation sites (tertiary alicyclic amines) is 1. The fourth-order valence-corrected chi connectivity index (χ4v) is 8.29. The van der Waals surface area contributed by atoms with E-state index in [1.807, 2.05) is 12.1 Å². The second kappa shape index (κ2) is 9.54. The molecule has 4 aliphatic heterocycles. The van der Waals surface area contributed by atoms with Crippen molar-refractivity contribution in [1.29, 1.82) is 0 Å². The van der Waals surface area contributed by atoms with Crippen LogP contribution >= 0.6 is 0 Å². The highest BCUT2D eigenvalue weighted by Crippen LogP contribution is 2.48. The van der Waals surface area contributed by atoms with Gasteiger partial charge in [-0.3, -0.25) is 9.80 Å². The largest absolute Gasteiger partial charge is 0.509 e. The zero-order chi connectivity index (χ0) is 28.7. The van der Waals surface area contributed by atoms with Crippen molar-refractivity contribution in [2.24, 2.45) is 0 Å². The molecule has 0 spiro atoms. The van der Waals surface area contributed by atoms with Gasteiger partial charge in [-0.2, -0.15) is 0 Å². The molecule has 0 bridgehead atoms. The van der Waals surface area contributed by atoms with E-state index in [0.29, 0.717) is 17.9 Å². The van der Waals surface area contributed by atoms with E-state index in [0.717, 1.165) is 73.2 Å². The first-order valence-corrected chi connectivity index (χ1v) is 15.3. The van der Waals surface area contributed by atoms with Gasteiger partial charge in [-0.25, -0.2) is 0 Å².